The maximum Gasteiger partial charge on any atom is 0.249 e. The normalized spacial score (nSPS) is 18.4. The Labute approximate surface area is 167 Å². The summed E-state index contributed by atoms with van der Waals surface area (Å²) in [4.78, 5) is 24.5. The van der Waals surface area contributed by atoms with Gasteiger partial charge in [-0.05, 0) is 16.7 Å². The molecule has 5 heteroatoms. The van der Waals surface area contributed by atoms with E-state index >= 15 is 0 Å². The zero-order valence-corrected chi connectivity index (χ0v) is 15.8. The van der Waals surface area contributed by atoms with Crippen LogP contribution >= 0.6 is 11.8 Å². The lowest BCUT2D eigenvalue weighted by Crippen LogP contribution is -2.30. The Morgan fingerprint density at radius 2 is 1.11 bits per heavy atom. The van der Waals surface area contributed by atoms with Gasteiger partial charge >= 0.3 is 0 Å². The number of nitrogens with two attached hydrogens (primary N) is 1. The van der Waals surface area contributed by atoms with E-state index in [9.17, 15) is 9.59 Å². The van der Waals surface area contributed by atoms with Crippen molar-refractivity contribution in [3.63, 3.8) is 0 Å². The van der Waals surface area contributed by atoms with Crippen molar-refractivity contribution in [3.05, 3.63) is 108 Å². The van der Waals surface area contributed by atoms with Crippen LogP contribution in [-0.4, -0.2) is 23.2 Å². The Bertz CT molecular complexity index is 880. The van der Waals surface area contributed by atoms with Crippen LogP contribution in [0.1, 0.15) is 16.7 Å². The lowest BCUT2D eigenvalue weighted by molar-refractivity contribution is -0.119. The molecular formula is C23H19NO3S. The van der Waals surface area contributed by atoms with Crippen molar-refractivity contribution in [3.8, 4) is 0 Å². The molecule has 4 rings (SSSR count). The predicted octanol–water partition coefficient (Wildman–Crippen LogP) is 3.49. The van der Waals surface area contributed by atoms with E-state index < -0.39 is 22.9 Å². The zero-order valence-electron chi connectivity index (χ0n) is 15.0. The van der Waals surface area contributed by atoms with Crippen LogP contribution in [0, 0.1) is 0 Å². The van der Waals surface area contributed by atoms with Gasteiger partial charge in [0.05, 0.1) is 4.75 Å². The summed E-state index contributed by atoms with van der Waals surface area (Å²) in [5.41, 5.74) is 8.22. The highest BCUT2D eigenvalue weighted by Crippen LogP contribution is 2.50. The fourth-order valence-electron chi connectivity index (χ4n) is 3.41. The van der Waals surface area contributed by atoms with E-state index in [1.54, 1.807) is 0 Å². The van der Waals surface area contributed by atoms with E-state index in [0.717, 1.165) is 16.7 Å². The van der Waals surface area contributed by atoms with Crippen molar-refractivity contribution < 1.29 is 14.3 Å². The number of epoxide rings is 1. The highest BCUT2D eigenvalue weighted by atomic mass is 32.2. The van der Waals surface area contributed by atoms with Crippen molar-refractivity contribution in [2.75, 3.05) is 0 Å². The summed E-state index contributed by atoms with van der Waals surface area (Å²) in [7, 11) is 0. The Kier molecular flexibility index (Phi) is 5.03. The quantitative estimate of drug-likeness (QED) is 0.517. The number of benzene rings is 3. The maximum atomic E-state index is 13.1. The van der Waals surface area contributed by atoms with Gasteiger partial charge in [-0.3, -0.25) is 9.59 Å². The number of amides is 1. The second-order valence-electron chi connectivity index (χ2n) is 6.58. The topological polar surface area (TPSA) is 72.7 Å². The van der Waals surface area contributed by atoms with Crippen molar-refractivity contribution in [2.24, 2.45) is 5.73 Å². The van der Waals surface area contributed by atoms with Gasteiger partial charge in [-0.2, -0.15) is 0 Å². The summed E-state index contributed by atoms with van der Waals surface area (Å²) in [6, 6.07) is 29.7. The number of ether oxygens (including phenoxy) is 1. The van der Waals surface area contributed by atoms with Crippen LogP contribution in [0.15, 0.2) is 91.0 Å². The molecule has 3 aromatic rings. The third-order valence-corrected chi connectivity index (χ3v) is 6.25. The molecule has 0 saturated carbocycles. The van der Waals surface area contributed by atoms with Crippen molar-refractivity contribution in [1.29, 1.82) is 0 Å². The van der Waals surface area contributed by atoms with Crippen LogP contribution in [-0.2, 0) is 19.1 Å². The van der Waals surface area contributed by atoms with E-state index in [-0.39, 0.29) is 5.12 Å². The predicted molar refractivity (Wildman–Crippen MR) is 110 cm³/mol. The summed E-state index contributed by atoms with van der Waals surface area (Å²) in [6.45, 7) is 0. The Balaban J connectivity index is 1.86. The van der Waals surface area contributed by atoms with Gasteiger partial charge in [0.25, 0.3) is 0 Å². The molecule has 0 spiro atoms. The van der Waals surface area contributed by atoms with E-state index in [4.69, 9.17) is 10.5 Å². The van der Waals surface area contributed by atoms with Crippen LogP contribution in [0.25, 0.3) is 0 Å². The third-order valence-electron chi connectivity index (χ3n) is 4.80. The number of primary amides is 1. The lowest BCUT2D eigenvalue weighted by Gasteiger charge is -2.34. The highest BCUT2D eigenvalue weighted by molar-refractivity contribution is 8.14. The fourth-order valence-corrected chi connectivity index (χ4v) is 4.77. The molecule has 1 amide bonds. The van der Waals surface area contributed by atoms with E-state index in [1.165, 1.54) is 11.8 Å². The van der Waals surface area contributed by atoms with E-state index in [1.807, 2.05) is 91.0 Å². The highest BCUT2D eigenvalue weighted by Gasteiger charge is 2.52. The number of thioether (sulfide) groups is 1. The van der Waals surface area contributed by atoms with Gasteiger partial charge in [-0.25, -0.2) is 0 Å². The minimum Gasteiger partial charge on any atom is -0.367 e. The van der Waals surface area contributed by atoms with Crippen molar-refractivity contribution in [1.82, 2.24) is 0 Å². The minimum atomic E-state index is -0.833. The first-order chi connectivity index (χ1) is 13.6. The molecular weight excluding hydrogens is 370 g/mol. The van der Waals surface area contributed by atoms with E-state index in [0.29, 0.717) is 0 Å². The molecule has 3 aromatic carbocycles. The molecule has 1 aliphatic heterocycles. The average molecular weight is 389 g/mol. The van der Waals surface area contributed by atoms with Gasteiger partial charge in [0.1, 0.15) is 0 Å². The van der Waals surface area contributed by atoms with E-state index in [2.05, 4.69) is 0 Å². The zero-order chi connectivity index (χ0) is 19.6. The Morgan fingerprint density at radius 1 is 0.714 bits per heavy atom. The fraction of sp³-hybridized carbons (Fsp3) is 0.130. The summed E-state index contributed by atoms with van der Waals surface area (Å²) in [5, 5.41) is -0.208. The van der Waals surface area contributed by atoms with Gasteiger partial charge in [0.2, 0.25) is 11.0 Å². The molecule has 0 aliphatic carbocycles. The molecule has 0 aromatic heterocycles. The van der Waals surface area contributed by atoms with Gasteiger partial charge in [-0.15, -0.1) is 0 Å². The first-order valence-electron chi connectivity index (χ1n) is 8.97. The molecule has 140 valence electrons. The summed E-state index contributed by atoms with van der Waals surface area (Å²) in [5.74, 6) is -0.608. The number of carbonyl (C=O) groups is 2. The average Bonchev–Trinajstić information content (AvgIpc) is 3.55. The van der Waals surface area contributed by atoms with Crippen LogP contribution in [0.4, 0.5) is 0 Å². The maximum absolute atomic E-state index is 13.1. The van der Waals surface area contributed by atoms with Crippen LogP contribution in [0.2, 0.25) is 0 Å². The Hall–Kier alpha value is -2.89. The second-order valence-corrected chi connectivity index (χ2v) is 7.80. The number of hydrogen-bond donors (Lipinski definition) is 1. The standard InChI is InChI=1S/C23H19NO3S/c24-21(25)19-20(27-19)22(26)28-23(16-10-4-1-5-11-16,17-12-6-2-7-13-17)18-14-8-3-9-15-18/h1-15,19-20H,(H2,24,25). The molecule has 28 heavy (non-hydrogen) atoms. The van der Waals surface area contributed by atoms with Gasteiger partial charge in [0.15, 0.2) is 12.2 Å². The van der Waals surface area contributed by atoms with Gasteiger partial charge < -0.3 is 10.5 Å². The smallest absolute Gasteiger partial charge is 0.249 e. The van der Waals surface area contributed by atoms with Crippen LogP contribution in [0.3, 0.4) is 0 Å². The molecule has 2 N–H and O–H groups in total. The van der Waals surface area contributed by atoms with Crippen LogP contribution < -0.4 is 5.73 Å². The van der Waals surface area contributed by atoms with Crippen molar-refractivity contribution in [2.45, 2.75) is 17.0 Å². The third kappa shape index (κ3) is 3.35. The molecule has 0 bridgehead atoms. The molecule has 2 atom stereocenters. The van der Waals surface area contributed by atoms with Gasteiger partial charge in [0, 0.05) is 0 Å². The lowest BCUT2D eigenvalue weighted by atomic mass is 9.84. The first-order valence-corrected chi connectivity index (χ1v) is 9.79. The molecule has 1 fully saturated rings. The minimum absolute atomic E-state index is 0.208. The number of rotatable bonds is 6. The number of hydrogen-bond acceptors (Lipinski definition) is 4. The summed E-state index contributed by atoms with van der Waals surface area (Å²) >= 11 is 1.17. The summed E-state index contributed by atoms with van der Waals surface area (Å²) in [6.07, 6.45) is -1.63. The Morgan fingerprint density at radius 3 is 1.43 bits per heavy atom. The molecule has 2 unspecified atom stereocenters. The molecule has 1 heterocycles. The molecule has 0 radical (unpaired) electrons. The SMILES string of the molecule is NC(=O)C1OC1C(=O)SC(c1ccccc1)(c1ccccc1)c1ccccc1. The first kappa shape index (κ1) is 18.5. The van der Waals surface area contributed by atoms with Gasteiger partial charge in [-0.1, -0.05) is 103 Å². The largest absolute Gasteiger partial charge is 0.367 e. The van der Waals surface area contributed by atoms with Crippen molar-refractivity contribution >= 4 is 22.8 Å². The second kappa shape index (κ2) is 7.62. The summed E-state index contributed by atoms with van der Waals surface area (Å²) < 4.78 is 4.48. The van der Waals surface area contributed by atoms with Crippen LogP contribution in [0.5, 0.6) is 0 Å². The number of carbonyl (C=O) groups excluding carboxylic acids is 2. The molecule has 1 saturated heterocycles. The molecule has 1 aliphatic rings. The monoisotopic (exact) mass is 389 g/mol. The molecule has 4 nitrogen and oxygen atoms in total.